The second-order valence-corrected chi connectivity index (χ2v) is 12.3. The Morgan fingerprint density at radius 1 is 0.500 bits per heavy atom. The number of allylic oxidation sites excluding steroid dienone is 2. The van der Waals surface area contributed by atoms with Gasteiger partial charge in [0.1, 0.15) is 0 Å². The van der Waals surface area contributed by atoms with Crippen molar-refractivity contribution in [3.8, 4) is 0 Å². The minimum Gasteiger partial charge on any atom is -0.481 e. The van der Waals surface area contributed by atoms with Crippen LogP contribution < -0.4 is 0 Å². The minimum absolute atomic E-state index is 0.127. The minimum atomic E-state index is -0.543. The summed E-state index contributed by atoms with van der Waals surface area (Å²) < 4.78 is 0. The zero-order chi connectivity index (χ0) is 27.9. The van der Waals surface area contributed by atoms with Gasteiger partial charge in [-0.2, -0.15) is 0 Å². The second kappa shape index (κ2) is 30.7. The van der Waals surface area contributed by atoms with E-state index in [-0.39, 0.29) is 5.92 Å². The molecule has 0 saturated heterocycles. The highest BCUT2D eigenvalue weighted by Gasteiger charge is 2.22. The molecule has 226 valence electrons. The molecule has 2 nitrogen and oxygen atoms in total. The van der Waals surface area contributed by atoms with Gasteiger partial charge < -0.3 is 5.11 Å². The van der Waals surface area contributed by atoms with E-state index < -0.39 is 5.97 Å². The lowest BCUT2D eigenvalue weighted by Crippen LogP contribution is -2.18. The van der Waals surface area contributed by atoms with Crippen molar-refractivity contribution in [1.82, 2.24) is 0 Å². The number of carbonyl (C=O) groups is 1. The number of rotatable bonds is 31. The quantitative estimate of drug-likeness (QED) is 0.0709. The number of aliphatic carboxylic acids is 1. The van der Waals surface area contributed by atoms with Crippen LogP contribution in [0.3, 0.4) is 0 Å². The summed E-state index contributed by atoms with van der Waals surface area (Å²) in [5.41, 5.74) is 0. The summed E-state index contributed by atoms with van der Waals surface area (Å²) in [5, 5.41) is 9.95. The lowest BCUT2D eigenvalue weighted by atomic mass is 9.84. The SMILES string of the molecule is CCCCCCCCC=CCCCCCCC(CC(CCCCCCC)CCCCCCCCC)C(=O)O. The lowest BCUT2D eigenvalue weighted by Gasteiger charge is -2.21. The van der Waals surface area contributed by atoms with Crippen LogP contribution >= 0.6 is 0 Å². The first-order valence-corrected chi connectivity index (χ1v) is 17.5. The summed E-state index contributed by atoms with van der Waals surface area (Å²) in [6, 6.07) is 0. The van der Waals surface area contributed by atoms with Crippen LogP contribution in [0.25, 0.3) is 0 Å². The first-order chi connectivity index (χ1) is 18.7. The summed E-state index contributed by atoms with van der Waals surface area (Å²) in [6.45, 7) is 6.83. The maximum Gasteiger partial charge on any atom is 0.306 e. The van der Waals surface area contributed by atoms with Gasteiger partial charge in [-0.05, 0) is 44.4 Å². The molecule has 0 spiro atoms. The van der Waals surface area contributed by atoms with Crippen LogP contribution in [0.2, 0.25) is 0 Å². The molecule has 0 bridgehead atoms. The number of unbranched alkanes of at least 4 members (excludes halogenated alkanes) is 20. The molecule has 0 heterocycles. The fraction of sp³-hybridized carbons (Fsp3) is 0.917. The van der Waals surface area contributed by atoms with E-state index in [1.54, 1.807) is 0 Å². The molecule has 0 aliphatic heterocycles. The monoisotopic (exact) mass is 535 g/mol. The van der Waals surface area contributed by atoms with E-state index in [0.717, 1.165) is 19.3 Å². The molecule has 0 aromatic carbocycles. The third-order valence-corrected chi connectivity index (χ3v) is 8.46. The zero-order valence-electron chi connectivity index (χ0n) is 26.5. The van der Waals surface area contributed by atoms with Crippen LogP contribution in [0, 0.1) is 11.8 Å². The molecule has 1 N–H and O–H groups in total. The topological polar surface area (TPSA) is 37.3 Å². The van der Waals surface area contributed by atoms with Crippen molar-refractivity contribution in [3.05, 3.63) is 12.2 Å². The Kier molecular flexibility index (Phi) is 30.1. The van der Waals surface area contributed by atoms with Gasteiger partial charge in [0, 0.05) is 0 Å². The van der Waals surface area contributed by atoms with Gasteiger partial charge in [0.25, 0.3) is 0 Å². The van der Waals surface area contributed by atoms with Gasteiger partial charge in [0.15, 0.2) is 0 Å². The van der Waals surface area contributed by atoms with Gasteiger partial charge in [0.05, 0.1) is 5.92 Å². The average molecular weight is 535 g/mol. The Balaban J connectivity index is 4.16. The smallest absolute Gasteiger partial charge is 0.306 e. The van der Waals surface area contributed by atoms with E-state index in [0.29, 0.717) is 5.92 Å². The van der Waals surface area contributed by atoms with Gasteiger partial charge in [-0.3, -0.25) is 4.79 Å². The zero-order valence-corrected chi connectivity index (χ0v) is 26.5. The van der Waals surface area contributed by atoms with E-state index >= 15 is 0 Å². The summed E-state index contributed by atoms with van der Waals surface area (Å²) in [4.78, 5) is 12.1. The third-order valence-electron chi connectivity index (χ3n) is 8.46. The molecule has 0 amide bonds. The summed E-state index contributed by atoms with van der Waals surface area (Å²) in [5.74, 6) is -0.0549. The molecule has 0 aliphatic carbocycles. The first kappa shape index (κ1) is 37.2. The first-order valence-electron chi connectivity index (χ1n) is 17.5. The molecule has 0 fully saturated rings. The van der Waals surface area contributed by atoms with Crippen molar-refractivity contribution in [3.63, 3.8) is 0 Å². The van der Waals surface area contributed by atoms with Crippen LogP contribution in [0.4, 0.5) is 0 Å². The van der Waals surface area contributed by atoms with Crippen molar-refractivity contribution in [1.29, 1.82) is 0 Å². The molecule has 0 rings (SSSR count). The fourth-order valence-electron chi connectivity index (χ4n) is 5.84. The van der Waals surface area contributed by atoms with Crippen LogP contribution in [0.5, 0.6) is 0 Å². The highest BCUT2D eigenvalue weighted by atomic mass is 16.4. The molecular weight excluding hydrogens is 464 g/mol. The molecule has 0 aromatic rings. The summed E-state index contributed by atoms with van der Waals surface area (Å²) in [7, 11) is 0. The van der Waals surface area contributed by atoms with Crippen LogP contribution in [-0.2, 0) is 4.79 Å². The van der Waals surface area contributed by atoms with Gasteiger partial charge in [-0.1, -0.05) is 174 Å². The Bertz CT molecular complexity index is 498. The van der Waals surface area contributed by atoms with E-state index in [4.69, 9.17) is 0 Å². The highest BCUT2D eigenvalue weighted by molar-refractivity contribution is 5.69. The molecule has 2 unspecified atom stereocenters. The van der Waals surface area contributed by atoms with Gasteiger partial charge in [-0.15, -0.1) is 0 Å². The highest BCUT2D eigenvalue weighted by Crippen LogP contribution is 2.28. The Morgan fingerprint density at radius 2 is 0.842 bits per heavy atom. The van der Waals surface area contributed by atoms with E-state index in [1.807, 2.05) is 0 Å². The third kappa shape index (κ3) is 26.8. The standard InChI is InChI=1S/C36H70O2/c1-4-7-10-13-15-16-17-18-19-20-21-23-26-29-32-35(36(37)38)33-34(30-27-24-12-9-6-3)31-28-25-22-14-11-8-5-2/h18-19,34-35H,4-17,20-33H2,1-3H3,(H,37,38). The van der Waals surface area contributed by atoms with Gasteiger partial charge in [0.2, 0.25) is 0 Å². The molecule has 0 aromatic heterocycles. The molecule has 2 heteroatoms. The average Bonchev–Trinajstić information content (AvgIpc) is 2.91. The summed E-state index contributed by atoms with van der Waals surface area (Å²) >= 11 is 0. The van der Waals surface area contributed by atoms with Crippen LogP contribution in [-0.4, -0.2) is 11.1 Å². The summed E-state index contributed by atoms with van der Waals surface area (Å²) in [6.07, 6.45) is 40.5. The van der Waals surface area contributed by atoms with Crippen molar-refractivity contribution >= 4 is 5.97 Å². The number of hydrogen-bond acceptors (Lipinski definition) is 1. The predicted molar refractivity (Wildman–Crippen MR) is 170 cm³/mol. The number of carboxylic acid groups (broad SMARTS) is 1. The van der Waals surface area contributed by atoms with Gasteiger partial charge >= 0.3 is 5.97 Å². The van der Waals surface area contributed by atoms with Crippen LogP contribution in [0.1, 0.15) is 201 Å². The van der Waals surface area contributed by atoms with Crippen molar-refractivity contribution in [2.75, 3.05) is 0 Å². The van der Waals surface area contributed by atoms with Crippen molar-refractivity contribution < 1.29 is 9.90 Å². The van der Waals surface area contributed by atoms with Crippen molar-refractivity contribution in [2.24, 2.45) is 11.8 Å². The molecule has 0 radical (unpaired) electrons. The van der Waals surface area contributed by atoms with E-state index in [2.05, 4.69) is 32.9 Å². The normalized spacial score (nSPS) is 13.3. The number of hydrogen-bond donors (Lipinski definition) is 1. The van der Waals surface area contributed by atoms with E-state index in [9.17, 15) is 9.90 Å². The van der Waals surface area contributed by atoms with E-state index in [1.165, 1.54) is 161 Å². The molecular formula is C36H70O2. The lowest BCUT2D eigenvalue weighted by molar-refractivity contribution is -0.142. The molecule has 0 aliphatic rings. The van der Waals surface area contributed by atoms with Crippen molar-refractivity contribution in [2.45, 2.75) is 201 Å². The Hall–Kier alpha value is -0.790. The van der Waals surface area contributed by atoms with Gasteiger partial charge in [-0.25, -0.2) is 0 Å². The maximum absolute atomic E-state index is 12.1. The Labute approximate surface area is 240 Å². The van der Waals surface area contributed by atoms with Crippen LogP contribution in [0.15, 0.2) is 12.2 Å². The molecule has 38 heavy (non-hydrogen) atoms. The predicted octanol–water partition coefficient (Wildman–Crippen LogP) is 12.8. The molecule has 0 saturated carbocycles. The maximum atomic E-state index is 12.1. The molecule has 2 atom stereocenters. The largest absolute Gasteiger partial charge is 0.481 e. The number of carboxylic acids is 1. The second-order valence-electron chi connectivity index (χ2n) is 12.3. The fourth-order valence-corrected chi connectivity index (χ4v) is 5.84. The Morgan fingerprint density at radius 3 is 1.24 bits per heavy atom.